The molecule has 0 aromatic heterocycles. The van der Waals surface area contributed by atoms with E-state index in [4.69, 9.17) is 0 Å². The predicted octanol–water partition coefficient (Wildman–Crippen LogP) is 4.86. The molecule has 3 nitrogen and oxygen atoms in total. The number of aliphatic carboxylic acids is 1. The number of hydrogen-bond donors (Lipinski definition) is 1. The second-order valence-corrected chi connectivity index (χ2v) is 9.85. The summed E-state index contributed by atoms with van der Waals surface area (Å²) in [6.45, 7) is 6.62. The van der Waals surface area contributed by atoms with Crippen molar-refractivity contribution in [1.82, 2.24) is 0 Å². The average Bonchev–Trinajstić information content (AvgIpc) is 2.91. The first kappa shape index (κ1) is 17.3. The maximum absolute atomic E-state index is 12.2. The zero-order chi connectivity index (χ0) is 18.0. The summed E-state index contributed by atoms with van der Waals surface area (Å²) in [7, 11) is 0. The van der Waals surface area contributed by atoms with Crippen molar-refractivity contribution in [2.24, 2.45) is 40.4 Å². The van der Waals surface area contributed by atoms with Crippen molar-refractivity contribution in [2.75, 3.05) is 0 Å². The summed E-state index contributed by atoms with van der Waals surface area (Å²) in [5.41, 5.74) is 1.11. The lowest BCUT2D eigenvalue weighted by Gasteiger charge is -2.59. The summed E-state index contributed by atoms with van der Waals surface area (Å²) in [4.78, 5) is 23.6. The number of carbonyl (C=O) groups excluding carboxylic acids is 1. The minimum Gasteiger partial charge on any atom is -0.478 e. The van der Waals surface area contributed by atoms with Crippen molar-refractivity contribution in [3.63, 3.8) is 0 Å². The predicted molar refractivity (Wildman–Crippen MR) is 97.0 cm³/mol. The second kappa shape index (κ2) is 5.69. The van der Waals surface area contributed by atoms with Crippen molar-refractivity contribution in [2.45, 2.75) is 72.1 Å². The Morgan fingerprint density at radius 3 is 2.40 bits per heavy atom. The van der Waals surface area contributed by atoms with Gasteiger partial charge < -0.3 is 5.11 Å². The SMILES string of the molecule is CC(=O)[C@H]1CC[C@H]2[C@H]3CC[C@H]4C=C(C(=O)O)CC[C@@]4(C)[C@H]3CC[C@@]12C. The number of fused-ring (bicyclic) bond motifs is 5. The first-order valence-corrected chi connectivity index (χ1v) is 10.2. The van der Waals surface area contributed by atoms with Crippen LogP contribution in [0.25, 0.3) is 0 Å². The van der Waals surface area contributed by atoms with Crippen LogP contribution in [-0.4, -0.2) is 16.9 Å². The lowest BCUT2D eigenvalue weighted by Crippen LogP contribution is -2.52. The summed E-state index contributed by atoms with van der Waals surface area (Å²) < 4.78 is 0. The Morgan fingerprint density at radius 1 is 1.00 bits per heavy atom. The van der Waals surface area contributed by atoms with Gasteiger partial charge in [0.15, 0.2) is 0 Å². The van der Waals surface area contributed by atoms with Crippen molar-refractivity contribution >= 4 is 11.8 Å². The van der Waals surface area contributed by atoms with Gasteiger partial charge in [0.1, 0.15) is 5.78 Å². The number of Topliss-reactive ketones (excluding diaryl/α,β-unsaturated/α-hetero) is 1. The van der Waals surface area contributed by atoms with E-state index in [1.165, 1.54) is 25.7 Å². The fourth-order valence-corrected chi connectivity index (χ4v) is 7.71. The Balaban J connectivity index is 1.63. The zero-order valence-electron chi connectivity index (χ0n) is 15.9. The van der Waals surface area contributed by atoms with Gasteiger partial charge in [-0.2, -0.15) is 0 Å². The van der Waals surface area contributed by atoms with Gasteiger partial charge in [-0.3, -0.25) is 4.79 Å². The topological polar surface area (TPSA) is 54.4 Å². The number of ketones is 1. The molecular formula is C22H32O3. The van der Waals surface area contributed by atoms with Gasteiger partial charge in [0.2, 0.25) is 0 Å². The van der Waals surface area contributed by atoms with Crippen molar-refractivity contribution < 1.29 is 14.7 Å². The number of hydrogen-bond acceptors (Lipinski definition) is 2. The first-order chi connectivity index (χ1) is 11.8. The Hall–Kier alpha value is -1.12. The molecule has 4 aliphatic carbocycles. The van der Waals surface area contributed by atoms with E-state index in [0.717, 1.165) is 31.6 Å². The van der Waals surface area contributed by atoms with E-state index in [-0.39, 0.29) is 16.7 Å². The molecule has 0 aromatic carbocycles. The molecule has 0 amide bonds. The number of rotatable bonds is 2. The third-order valence-corrected chi connectivity index (χ3v) is 9.04. The molecule has 25 heavy (non-hydrogen) atoms. The lowest BCUT2D eigenvalue weighted by atomic mass is 9.45. The third kappa shape index (κ3) is 2.37. The molecule has 0 heterocycles. The second-order valence-electron chi connectivity index (χ2n) is 9.85. The molecule has 0 spiro atoms. The molecule has 138 valence electrons. The van der Waals surface area contributed by atoms with Crippen LogP contribution < -0.4 is 0 Å². The fourth-order valence-electron chi connectivity index (χ4n) is 7.71. The molecule has 0 radical (unpaired) electrons. The van der Waals surface area contributed by atoms with Crippen LogP contribution in [0.1, 0.15) is 72.1 Å². The van der Waals surface area contributed by atoms with Crippen LogP contribution in [0.2, 0.25) is 0 Å². The number of carbonyl (C=O) groups is 2. The Bertz CT molecular complexity index is 635. The summed E-state index contributed by atoms with van der Waals surface area (Å²) in [6, 6.07) is 0. The van der Waals surface area contributed by atoms with Gasteiger partial charge in [0.25, 0.3) is 0 Å². The number of allylic oxidation sites excluding steroid dienone is 1. The van der Waals surface area contributed by atoms with E-state index in [9.17, 15) is 14.7 Å². The molecule has 0 aliphatic heterocycles. The monoisotopic (exact) mass is 344 g/mol. The molecule has 1 N–H and O–H groups in total. The quantitative estimate of drug-likeness (QED) is 0.778. The molecule has 0 bridgehead atoms. The van der Waals surface area contributed by atoms with E-state index in [2.05, 4.69) is 19.9 Å². The van der Waals surface area contributed by atoms with E-state index in [1.54, 1.807) is 6.92 Å². The van der Waals surface area contributed by atoms with E-state index < -0.39 is 5.97 Å². The lowest BCUT2D eigenvalue weighted by molar-refractivity contribution is -0.134. The summed E-state index contributed by atoms with van der Waals surface area (Å²) in [6.07, 6.45) is 10.9. The zero-order valence-corrected chi connectivity index (χ0v) is 15.9. The standard InChI is InChI=1S/C22H32O3/c1-13(23)17-6-7-18-16-5-4-15-12-14(20(24)25)8-10-21(15,2)19(16)9-11-22(17,18)3/h12,15-19H,4-11H2,1-3H3,(H,24,25)/t15-,16+,17+,18-,19-,21+,22-/m0/s1. The average molecular weight is 344 g/mol. The van der Waals surface area contributed by atoms with Gasteiger partial charge in [-0.25, -0.2) is 4.79 Å². The molecule has 0 unspecified atom stereocenters. The van der Waals surface area contributed by atoms with Crippen LogP contribution in [0.15, 0.2) is 11.6 Å². The summed E-state index contributed by atoms with van der Waals surface area (Å²) in [5.74, 6) is 2.53. The van der Waals surface area contributed by atoms with Crippen LogP contribution in [0, 0.1) is 40.4 Å². The van der Waals surface area contributed by atoms with E-state index >= 15 is 0 Å². The third-order valence-electron chi connectivity index (χ3n) is 9.04. The maximum atomic E-state index is 12.2. The molecule has 4 aliphatic rings. The highest BCUT2D eigenvalue weighted by molar-refractivity contribution is 5.86. The van der Waals surface area contributed by atoms with Crippen LogP contribution in [0.5, 0.6) is 0 Å². The largest absolute Gasteiger partial charge is 0.478 e. The molecule has 0 saturated heterocycles. The highest BCUT2D eigenvalue weighted by Gasteiger charge is 2.60. The van der Waals surface area contributed by atoms with Gasteiger partial charge in [-0.15, -0.1) is 0 Å². The number of carboxylic acids is 1. The summed E-state index contributed by atoms with van der Waals surface area (Å²) >= 11 is 0. The summed E-state index contributed by atoms with van der Waals surface area (Å²) in [5, 5.41) is 9.38. The molecular weight excluding hydrogens is 312 g/mol. The van der Waals surface area contributed by atoms with Crippen LogP contribution >= 0.6 is 0 Å². The molecule has 7 atom stereocenters. The van der Waals surface area contributed by atoms with Gasteiger partial charge >= 0.3 is 5.97 Å². The van der Waals surface area contributed by atoms with Gasteiger partial charge in [-0.05, 0) is 92.8 Å². The van der Waals surface area contributed by atoms with Gasteiger partial charge in [0, 0.05) is 11.5 Å². The van der Waals surface area contributed by atoms with Crippen molar-refractivity contribution in [3.8, 4) is 0 Å². The minimum absolute atomic E-state index is 0.215. The number of carboxylic acid groups (broad SMARTS) is 1. The van der Waals surface area contributed by atoms with Gasteiger partial charge in [0.05, 0.1) is 0 Å². The van der Waals surface area contributed by atoms with Crippen LogP contribution in [0.4, 0.5) is 0 Å². The van der Waals surface area contributed by atoms with Gasteiger partial charge in [-0.1, -0.05) is 19.9 Å². The molecule has 3 heteroatoms. The first-order valence-electron chi connectivity index (χ1n) is 10.2. The fraction of sp³-hybridized carbons (Fsp3) is 0.818. The Morgan fingerprint density at radius 2 is 1.72 bits per heavy atom. The van der Waals surface area contributed by atoms with E-state index in [0.29, 0.717) is 29.1 Å². The smallest absolute Gasteiger partial charge is 0.331 e. The Labute approximate surface area is 151 Å². The van der Waals surface area contributed by atoms with Crippen molar-refractivity contribution in [1.29, 1.82) is 0 Å². The highest BCUT2D eigenvalue weighted by atomic mass is 16.4. The molecule has 3 fully saturated rings. The Kier molecular flexibility index (Phi) is 3.94. The highest BCUT2D eigenvalue weighted by Crippen LogP contribution is 2.67. The molecule has 0 aromatic rings. The van der Waals surface area contributed by atoms with E-state index in [1.807, 2.05) is 0 Å². The van der Waals surface area contributed by atoms with Crippen LogP contribution in [0.3, 0.4) is 0 Å². The minimum atomic E-state index is -0.722. The maximum Gasteiger partial charge on any atom is 0.331 e. The molecule has 3 saturated carbocycles. The van der Waals surface area contributed by atoms with Crippen LogP contribution in [-0.2, 0) is 9.59 Å². The molecule has 4 rings (SSSR count). The normalized spacial score (nSPS) is 48.8. The van der Waals surface area contributed by atoms with Crippen molar-refractivity contribution in [3.05, 3.63) is 11.6 Å².